The van der Waals surface area contributed by atoms with Crippen LogP contribution in [0, 0.1) is 11.8 Å². The van der Waals surface area contributed by atoms with Crippen molar-refractivity contribution in [2.75, 3.05) is 18.8 Å². The molecule has 0 aliphatic carbocycles. The Balaban J connectivity index is 1.57. The number of benzene rings is 1. The van der Waals surface area contributed by atoms with Gasteiger partial charge in [-0.1, -0.05) is 23.6 Å². The maximum atomic E-state index is 13.2. The molecule has 1 fully saturated rings. The van der Waals surface area contributed by atoms with E-state index in [2.05, 4.69) is 22.0 Å². The van der Waals surface area contributed by atoms with Crippen molar-refractivity contribution in [1.29, 1.82) is 0 Å². The molecule has 1 saturated heterocycles. The first kappa shape index (κ1) is 28.0. The number of hydrogen-bond acceptors (Lipinski definition) is 5. The van der Waals surface area contributed by atoms with Crippen molar-refractivity contribution >= 4 is 29.2 Å². The SMILES string of the molecule is CC#CC(=O)N1CCCC(n2nc(-c3cnn(Cc4ccc(Cl)c(C(F)(F)F)c4)c3)c(C(N)=O)c2N)CCC1. The molecule has 0 radical (unpaired) electrons. The average molecular weight is 562 g/mol. The Morgan fingerprint density at radius 3 is 2.51 bits per heavy atom. The summed E-state index contributed by atoms with van der Waals surface area (Å²) in [6.45, 7) is 2.75. The number of likely N-dealkylation sites (tertiary alicyclic amines) is 1. The molecule has 1 aromatic carbocycles. The molecule has 4 rings (SSSR count). The highest BCUT2D eigenvalue weighted by Crippen LogP contribution is 2.36. The molecule has 4 N–H and O–H groups in total. The van der Waals surface area contributed by atoms with Gasteiger partial charge in [-0.3, -0.25) is 14.3 Å². The minimum absolute atomic E-state index is 0.0304. The highest BCUT2D eigenvalue weighted by atomic mass is 35.5. The van der Waals surface area contributed by atoms with Gasteiger partial charge in [-0.15, -0.1) is 0 Å². The molecule has 0 unspecified atom stereocenters. The number of rotatable bonds is 5. The van der Waals surface area contributed by atoms with Gasteiger partial charge in [-0.25, -0.2) is 4.68 Å². The lowest BCUT2D eigenvalue weighted by atomic mass is 10.0. The molecule has 39 heavy (non-hydrogen) atoms. The highest BCUT2D eigenvalue weighted by molar-refractivity contribution is 6.31. The van der Waals surface area contributed by atoms with Crippen LogP contribution in [0.15, 0.2) is 30.6 Å². The average Bonchev–Trinajstić information content (AvgIpc) is 3.44. The molecule has 0 atom stereocenters. The summed E-state index contributed by atoms with van der Waals surface area (Å²) in [5.41, 5.74) is 12.2. The fourth-order valence-corrected chi connectivity index (χ4v) is 4.97. The van der Waals surface area contributed by atoms with Crippen molar-refractivity contribution in [3.8, 4) is 23.1 Å². The Kier molecular flexibility index (Phi) is 8.20. The quantitative estimate of drug-likeness (QED) is 0.453. The van der Waals surface area contributed by atoms with Gasteiger partial charge in [0.2, 0.25) is 0 Å². The largest absolute Gasteiger partial charge is 0.417 e. The smallest absolute Gasteiger partial charge is 0.383 e. The van der Waals surface area contributed by atoms with Crippen molar-refractivity contribution in [3.05, 3.63) is 52.3 Å². The van der Waals surface area contributed by atoms with Crippen LogP contribution >= 0.6 is 11.6 Å². The van der Waals surface area contributed by atoms with Gasteiger partial charge in [0.15, 0.2) is 0 Å². The molecule has 1 aliphatic rings. The van der Waals surface area contributed by atoms with E-state index in [4.69, 9.17) is 23.1 Å². The maximum Gasteiger partial charge on any atom is 0.417 e. The first-order valence-corrected chi connectivity index (χ1v) is 12.6. The summed E-state index contributed by atoms with van der Waals surface area (Å²) >= 11 is 5.72. The van der Waals surface area contributed by atoms with Crippen LogP contribution < -0.4 is 11.5 Å². The first-order chi connectivity index (χ1) is 18.5. The number of alkyl halides is 3. The standard InChI is InChI=1S/C26H27ClF3N7O2/c1-2-5-21(38)35-10-3-6-18(7-4-11-35)37-24(31)22(25(32)39)23(34-37)17-13-33-36(15-17)14-16-8-9-20(27)19(12-16)26(28,29)30/h8-9,12-13,15,18H,3-4,6-7,10-11,14,31H2,1H3,(H2,32,39). The summed E-state index contributed by atoms with van der Waals surface area (Å²) in [5.74, 6) is 4.38. The van der Waals surface area contributed by atoms with E-state index in [0.717, 1.165) is 6.07 Å². The number of nitrogens with zero attached hydrogens (tertiary/aromatic N) is 5. The highest BCUT2D eigenvalue weighted by Gasteiger charge is 2.33. The van der Waals surface area contributed by atoms with Gasteiger partial charge >= 0.3 is 6.18 Å². The third-order valence-electron chi connectivity index (χ3n) is 6.58. The van der Waals surface area contributed by atoms with Crippen molar-refractivity contribution in [2.24, 2.45) is 5.73 Å². The summed E-state index contributed by atoms with van der Waals surface area (Å²) in [7, 11) is 0. The van der Waals surface area contributed by atoms with Crippen molar-refractivity contribution in [2.45, 2.75) is 51.4 Å². The molecule has 2 amide bonds. The van der Waals surface area contributed by atoms with E-state index in [1.807, 2.05) is 0 Å². The molecule has 9 nitrogen and oxygen atoms in total. The van der Waals surface area contributed by atoms with Crippen LogP contribution in [0.5, 0.6) is 0 Å². The van der Waals surface area contributed by atoms with Gasteiger partial charge in [0.05, 0.1) is 29.4 Å². The predicted octanol–water partition coefficient (Wildman–Crippen LogP) is 4.12. The minimum Gasteiger partial charge on any atom is -0.383 e. The molecule has 13 heteroatoms. The second kappa shape index (κ2) is 11.4. The maximum absolute atomic E-state index is 13.2. The molecular formula is C26H27ClF3N7O2. The number of anilines is 1. The van der Waals surface area contributed by atoms with Crippen LogP contribution in [0.1, 0.15) is 60.1 Å². The van der Waals surface area contributed by atoms with Gasteiger partial charge in [0.1, 0.15) is 17.1 Å². The fraction of sp³-hybridized carbons (Fsp3) is 0.385. The fourth-order valence-electron chi connectivity index (χ4n) is 4.74. The molecule has 0 bridgehead atoms. The lowest BCUT2D eigenvalue weighted by Crippen LogP contribution is -2.34. The third kappa shape index (κ3) is 6.20. The predicted molar refractivity (Wildman–Crippen MR) is 139 cm³/mol. The number of halogens is 4. The van der Waals surface area contributed by atoms with Crippen LogP contribution in [0.3, 0.4) is 0 Å². The van der Waals surface area contributed by atoms with E-state index in [0.29, 0.717) is 49.9 Å². The van der Waals surface area contributed by atoms with Crippen molar-refractivity contribution in [3.63, 3.8) is 0 Å². The monoisotopic (exact) mass is 561 g/mol. The Bertz CT molecular complexity index is 1440. The van der Waals surface area contributed by atoms with Crippen molar-refractivity contribution in [1.82, 2.24) is 24.5 Å². The Morgan fingerprint density at radius 1 is 1.21 bits per heavy atom. The number of carbonyl (C=O) groups is 2. The molecule has 3 heterocycles. The topological polar surface area (TPSA) is 125 Å². The second-order valence-electron chi connectivity index (χ2n) is 9.26. The molecule has 0 spiro atoms. The Labute approximate surface area is 227 Å². The summed E-state index contributed by atoms with van der Waals surface area (Å²) in [6, 6.07) is 3.54. The first-order valence-electron chi connectivity index (χ1n) is 12.3. The molecule has 0 saturated carbocycles. The normalized spacial score (nSPS) is 14.8. The third-order valence-corrected chi connectivity index (χ3v) is 6.91. The lowest BCUT2D eigenvalue weighted by Gasteiger charge is -2.27. The van der Waals surface area contributed by atoms with Gasteiger partial charge in [0, 0.05) is 24.8 Å². The summed E-state index contributed by atoms with van der Waals surface area (Å²) in [5, 5.41) is 8.47. The zero-order chi connectivity index (χ0) is 28.3. The summed E-state index contributed by atoms with van der Waals surface area (Å²) in [6.07, 6.45) is 1.17. The number of nitrogen functional groups attached to an aromatic ring is 1. The van der Waals surface area contributed by atoms with Crippen LogP contribution in [-0.4, -0.2) is 49.4 Å². The molecule has 206 valence electrons. The second-order valence-corrected chi connectivity index (χ2v) is 9.67. The zero-order valence-corrected chi connectivity index (χ0v) is 21.9. The summed E-state index contributed by atoms with van der Waals surface area (Å²) in [4.78, 5) is 26.2. The number of carbonyl (C=O) groups excluding carboxylic acids is 2. The zero-order valence-electron chi connectivity index (χ0n) is 21.1. The van der Waals surface area contributed by atoms with E-state index >= 15 is 0 Å². The number of amides is 2. The number of hydrogen-bond donors (Lipinski definition) is 2. The number of aromatic nitrogens is 4. The minimum atomic E-state index is -4.59. The molecule has 2 aromatic heterocycles. The molecule has 3 aromatic rings. The number of nitrogens with two attached hydrogens (primary N) is 2. The van der Waals surface area contributed by atoms with Gasteiger partial charge in [0.25, 0.3) is 11.8 Å². The van der Waals surface area contributed by atoms with Crippen LogP contribution in [0.4, 0.5) is 19.0 Å². The van der Waals surface area contributed by atoms with E-state index in [1.54, 1.807) is 22.7 Å². The van der Waals surface area contributed by atoms with Crippen LogP contribution in [0.2, 0.25) is 5.02 Å². The summed E-state index contributed by atoms with van der Waals surface area (Å²) < 4.78 is 42.8. The van der Waals surface area contributed by atoms with Gasteiger partial charge < -0.3 is 16.4 Å². The van der Waals surface area contributed by atoms with Gasteiger partial charge in [-0.05, 0) is 56.2 Å². The Morgan fingerprint density at radius 2 is 1.90 bits per heavy atom. The van der Waals surface area contributed by atoms with Crippen molar-refractivity contribution < 1.29 is 22.8 Å². The lowest BCUT2D eigenvalue weighted by molar-refractivity contribution is -0.137. The van der Waals surface area contributed by atoms with E-state index in [-0.39, 0.29) is 40.6 Å². The van der Waals surface area contributed by atoms with E-state index < -0.39 is 17.6 Å². The number of primary amides is 1. The molecular weight excluding hydrogens is 535 g/mol. The van der Waals surface area contributed by atoms with Crippen LogP contribution in [0.25, 0.3) is 11.3 Å². The molecule has 1 aliphatic heterocycles. The van der Waals surface area contributed by atoms with E-state index in [1.165, 1.54) is 23.0 Å². The van der Waals surface area contributed by atoms with Crippen LogP contribution in [-0.2, 0) is 17.5 Å². The van der Waals surface area contributed by atoms with Gasteiger partial charge in [-0.2, -0.15) is 23.4 Å². The van der Waals surface area contributed by atoms with E-state index in [9.17, 15) is 22.8 Å². The Hall–Kier alpha value is -3.98.